The fraction of sp³-hybridized carbons (Fsp3) is 0.333. The molecule has 0 spiro atoms. The van der Waals surface area contributed by atoms with Gasteiger partial charge < -0.3 is 0 Å². The number of hydroxylamine groups is 2. The fourth-order valence-electron chi connectivity index (χ4n) is 2.02. The first-order chi connectivity index (χ1) is 8.74. The van der Waals surface area contributed by atoms with Crippen molar-refractivity contribution < 1.29 is 4.84 Å². The molecule has 1 unspecified atom stereocenters. The average Bonchev–Trinajstić information content (AvgIpc) is 2.41. The zero-order valence-electron chi connectivity index (χ0n) is 11.1. The van der Waals surface area contributed by atoms with E-state index in [4.69, 9.17) is 4.84 Å². The summed E-state index contributed by atoms with van der Waals surface area (Å²) in [6.45, 7) is 4.75. The van der Waals surface area contributed by atoms with Crippen LogP contribution >= 0.6 is 11.8 Å². The number of hydrogen-bond donors (Lipinski definition) is 0. The molecule has 18 heavy (non-hydrogen) atoms. The summed E-state index contributed by atoms with van der Waals surface area (Å²) in [4.78, 5) is 6.80. The van der Waals surface area contributed by atoms with Gasteiger partial charge in [0.05, 0.1) is 6.61 Å². The van der Waals surface area contributed by atoms with E-state index in [-0.39, 0.29) is 0 Å². The van der Waals surface area contributed by atoms with Gasteiger partial charge in [0.15, 0.2) is 0 Å². The predicted octanol–water partition coefficient (Wildman–Crippen LogP) is 4.18. The number of rotatable bonds is 4. The lowest BCUT2D eigenvalue weighted by Crippen LogP contribution is -2.19. The van der Waals surface area contributed by atoms with Gasteiger partial charge in [-0.25, -0.2) is 5.06 Å². The summed E-state index contributed by atoms with van der Waals surface area (Å²) in [5.74, 6) is 0.341. The molecule has 2 rings (SSSR count). The molecule has 96 valence electrons. The van der Waals surface area contributed by atoms with Crippen LogP contribution < -0.4 is 0 Å². The SMILES string of the molecule is CCON1C=CC(c2cccc(SC)c2)C=C1C. The Hall–Kier alpha value is -1.19. The molecule has 1 aliphatic heterocycles. The molecule has 0 saturated carbocycles. The summed E-state index contributed by atoms with van der Waals surface area (Å²) in [6, 6.07) is 8.69. The number of hydrogen-bond acceptors (Lipinski definition) is 3. The predicted molar refractivity (Wildman–Crippen MR) is 77.3 cm³/mol. The van der Waals surface area contributed by atoms with E-state index < -0.39 is 0 Å². The molecule has 0 N–H and O–H groups in total. The molecular formula is C15H19NOS. The van der Waals surface area contributed by atoms with Crippen molar-refractivity contribution in [3.63, 3.8) is 0 Å². The summed E-state index contributed by atoms with van der Waals surface area (Å²) < 4.78 is 0. The van der Waals surface area contributed by atoms with Crippen LogP contribution in [0.25, 0.3) is 0 Å². The summed E-state index contributed by atoms with van der Waals surface area (Å²) in [6.07, 6.45) is 8.51. The Morgan fingerprint density at radius 2 is 2.22 bits per heavy atom. The first-order valence-electron chi connectivity index (χ1n) is 6.17. The Bertz CT molecular complexity index is 467. The summed E-state index contributed by atoms with van der Waals surface area (Å²) in [5, 5.41) is 1.83. The van der Waals surface area contributed by atoms with Gasteiger partial charge in [-0.3, -0.25) is 4.84 Å². The molecule has 0 saturated heterocycles. The maximum Gasteiger partial charge on any atom is 0.0724 e. The summed E-state index contributed by atoms with van der Waals surface area (Å²) in [5.41, 5.74) is 2.47. The van der Waals surface area contributed by atoms with E-state index in [1.54, 1.807) is 11.8 Å². The van der Waals surface area contributed by atoms with Crippen molar-refractivity contribution in [2.45, 2.75) is 24.7 Å². The van der Waals surface area contributed by atoms with Crippen molar-refractivity contribution in [2.24, 2.45) is 0 Å². The number of nitrogens with zero attached hydrogens (tertiary/aromatic N) is 1. The smallest absolute Gasteiger partial charge is 0.0724 e. The molecule has 1 aromatic carbocycles. The zero-order chi connectivity index (χ0) is 13.0. The molecular weight excluding hydrogens is 242 g/mol. The molecule has 3 heteroatoms. The van der Waals surface area contributed by atoms with Crippen LogP contribution in [0.2, 0.25) is 0 Å². The standard InChI is InChI=1S/C15H19NOS/c1-4-17-16-9-8-14(10-12(16)2)13-6-5-7-15(11-13)18-3/h5-11,14H,4H2,1-3H3. The second-order valence-electron chi connectivity index (χ2n) is 4.20. The Labute approximate surface area is 113 Å². The minimum absolute atomic E-state index is 0.341. The largest absolute Gasteiger partial charge is 0.270 e. The van der Waals surface area contributed by atoms with Gasteiger partial charge in [0.2, 0.25) is 0 Å². The Morgan fingerprint density at radius 1 is 1.39 bits per heavy atom. The molecule has 0 aliphatic carbocycles. The first-order valence-corrected chi connectivity index (χ1v) is 7.40. The van der Waals surface area contributed by atoms with Gasteiger partial charge in [-0.2, -0.15) is 0 Å². The van der Waals surface area contributed by atoms with Crippen LogP contribution in [-0.2, 0) is 4.84 Å². The number of benzene rings is 1. The van der Waals surface area contributed by atoms with E-state index in [2.05, 4.69) is 49.6 Å². The minimum atomic E-state index is 0.341. The van der Waals surface area contributed by atoms with Crippen molar-refractivity contribution in [1.29, 1.82) is 0 Å². The van der Waals surface area contributed by atoms with Gasteiger partial charge >= 0.3 is 0 Å². The Morgan fingerprint density at radius 3 is 2.89 bits per heavy atom. The van der Waals surface area contributed by atoms with Crippen LogP contribution in [0.4, 0.5) is 0 Å². The Balaban J connectivity index is 2.18. The van der Waals surface area contributed by atoms with Crippen LogP contribution in [-0.4, -0.2) is 17.9 Å². The van der Waals surface area contributed by atoms with Crippen molar-refractivity contribution in [3.05, 3.63) is 53.9 Å². The highest BCUT2D eigenvalue weighted by atomic mass is 32.2. The summed E-state index contributed by atoms with van der Waals surface area (Å²) in [7, 11) is 0. The van der Waals surface area contributed by atoms with E-state index in [0.29, 0.717) is 12.5 Å². The van der Waals surface area contributed by atoms with E-state index >= 15 is 0 Å². The Kier molecular flexibility index (Phi) is 4.50. The molecule has 0 bridgehead atoms. The molecule has 0 aromatic heterocycles. The summed E-state index contributed by atoms with van der Waals surface area (Å²) >= 11 is 1.78. The highest BCUT2D eigenvalue weighted by Gasteiger charge is 2.14. The first kappa shape index (κ1) is 13.2. The third kappa shape index (κ3) is 2.98. The quantitative estimate of drug-likeness (QED) is 0.755. The lowest BCUT2D eigenvalue weighted by Gasteiger charge is -2.25. The molecule has 0 fully saturated rings. The van der Waals surface area contributed by atoms with Crippen LogP contribution in [0.15, 0.2) is 53.2 Å². The van der Waals surface area contributed by atoms with Crippen molar-refractivity contribution in [1.82, 2.24) is 5.06 Å². The third-order valence-electron chi connectivity index (χ3n) is 2.94. The lowest BCUT2D eigenvalue weighted by atomic mass is 9.96. The second-order valence-corrected chi connectivity index (χ2v) is 5.08. The van der Waals surface area contributed by atoms with Gasteiger partial charge in [0, 0.05) is 22.7 Å². The average molecular weight is 261 g/mol. The van der Waals surface area contributed by atoms with Crippen LogP contribution in [0.5, 0.6) is 0 Å². The molecule has 0 radical (unpaired) electrons. The van der Waals surface area contributed by atoms with Gasteiger partial charge in [0.25, 0.3) is 0 Å². The van der Waals surface area contributed by atoms with E-state index in [1.165, 1.54) is 10.5 Å². The highest BCUT2D eigenvalue weighted by Crippen LogP contribution is 2.28. The van der Waals surface area contributed by atoms with E-state index in [0.717, 1.165) is 5.70 Å². The highest BCUT2D eigenvalue weighted by molar-refractivity contribution is 7.98. The van der Waals surface area contributed by atoms with E-state index in [1.807, 2.05) is 18.2 Å². The maximum atomic E-state index is 5.50. The fourth-order valence-corrected chi connectivity index (χ4v) is 2.49. The molecule has 1 atom stereocenters. The van der Waals surface area contributed by atoms with Crippen molar-refractivity contribution >= 4 is 11.8 Å². The van der Waals surface area contributed by atoms with Crippen molar-refractivity contribution in [2.75, 3.05) is 12.9 Å². The van der Waals surface area contributed by atoms with Crippen LogP contribution in [0, 0.1) is 0 Å². The van der Waals surface area contributed by atoms with Crippen LogP contribution in [0.3, 0.4) is 0 Å². The lowest BCUT2D eigenvalue weighted by molar-refractivity contribution is -0.0876. The third-order valence-corrected chi connectivity index (χ3v) is 3.67. The normalized spacial score (nSPS) is 18.9. The topological polar surface area (TPSA) is 12.5 Å². The molecule has 1 aromatic rings. The molecule has 1 aliphatic rings. The molecule has 2 nitrogen and oxygen atoms in total. The maximum absolute atomic E-state index is 5.50. The number of allylic oxidation sites excluding steroid dienone is 3. The number of thioether (sulfide) groups is 1. The zero-order valence-corrected chi connectivity index (χ0v) is 11.9. The van der Waals surface area contributed by atoms with Gasteiger partial charge in [-0.1, -0.05) is 24.3 Å². The van der Waals surface area contributed by atoms with Crippen LogP contribution in [0.1, 0.15) is 25.3 Å². The monoisotopic (exact) mass is 261 g/mol. The molecule has 0 amide bonds. The minimum Gasteiger partial charge on any atom is -0.270 e. The van der Waals surface area contributed by atoms with Crippen molar-refractivity contribution in [3.8, 4) is 0 Å². The van der Waals surface area contributed by atoms with E-state index in [9.17, 15) is 0 Å². The molecule has 1 heterocycles. The van der Waals surface area contributed by atoms with Gasteiger partial charge in [-0.05, 0) is 37.8 Å². The second kappa shape index (κ2) is 6.12. The van der Waals surface area contributed by atoms with Gasteiger partial charge in [-0.15, -0.1) is 11.8 Å². The van der Waals surface area contributed by atoms with Gasteiger partial charge in [0.1, 0.15) is 0 Å².